The van der Waals surface area contributed by atoms with E-state index in [1.165, 1.54) is 18.2 Å². The van der Waals surface area contributed by atoms with Gasteiger partial charge < -0.3 is 5.32 Å². The molecule has 3 rings (SSSR count). The third-order valence-corrected chi connectivity index (χ3v) is 3.95. The zero-order valence-electron chi connectivity index (χ0n) is 11.9. The molecule has 0 radical (unpaired) electrons. The van der Waals surface area contributed by atoms with Crippen LogP contribution in [0.2, 0.25) is 0 Å². The monoisotopic (exact) mass is 382 g/mol. The first-order chi connectivity index (χ1) is 11.3. The number of hydrogen-bond acceptors (Lipinski definition) is 3. The molecule has 0 aliphatic carbocycles. The van der Waals surface area contributed by atoms with E-state index in [9.17, 15) is 14.4 Å². The Morgan fingerprint density at radius 2 is 1.58 bits per heavy atom. The Morgan fingerprint density at radius 3 is 2.21 bits per heavy atom. The highest BCUT2D eigenvalue weighted by molar-refractivity contribution is 6.76. The van der Waals surface area contributed by atoms with Crippen molar-refractivity contribution in [1.82, 2.24) is 0 Å². The molecule has 2 aromatic carbocycles. The van der Waals surface area contributed by atoms with E-state index in [2.05, 4.69) is 5.32 Å². The number of hydrogen-bond donors (Lipinski definition) is 1. The van der Waals surface area contributed by atoms with E-state index >= 15 is 0 Å². The second-order valence-corrected chi connectivity index (χ2v) is 7.24. The SMILES string of the molecule is O=C1c2cccc(NC(=O)C(Cl)(Cl)Cl)c2C(=O)N1c1ccccc1. The summed E-state index contributed by atoms with van der Waals surface area (Å²) in [6, 6.07) is 13.0. The summed E-state index contributed by atoms with van der Waals surface area (Å²) in [5.41, 5.74) is 0.780. The van der Waals surface area contributed by atoms with Gasteiger partial charge in [0.05, 0.1) is 22.5 Å². The molecule has 1 aliphatic heterocycles. The molecule has 0 aromatic heterocycles. The topological polar surface area (TPSA) is 66.5 Å². The van der Waals surface area contributed by atoms with Crippen LogP contribution in [-0.4, -0.2) is 21.5 Å². The molecule has 0 unspecified atom stereocenters. The maximum absolute atomic E-state index is 12.7. The summed E-state index contributed by atoms with van der Waals surface area (Å²) in [5.74, 6) is -1.95. The fourth-order valence-electron chi connectivity index (χ4n) is 2.39. The van der Waals surface area contributed by atoms with Gasteiger partial charge in [0.15, 0.2) is 0 Å². The number of anilines is 2. The molecule has 0 saturated carbocycles. The molecule has 1 N–H and O–H groups in total. The summed E-state index contributed by atoms with van der Waals surface area (Å²) in [4.78, 5) is 38.2. The lowest BCUT2D eigenvalue weighted by atomic mass is 10.1. The fourth-order valence-corrected chi connectivity index (χ4v) is 2.54. The maximum Gasteiger partial charge on any atom is 0.276 e. The molecule has 1 heterocycles. The summed E-state index contributed by atoms with van der Waals surface area (Å²) >= 11 is 16.6. The van der Waals surface area contributed by atoms with Gasteiger partial charge in [0.1, 0.15) is 0 Å². The van der Waals surface area contributed by atoms with Crippen LogP contribution in [0.4, 0.5) is 11.4 Å². The first-order valence-corrected chi connectivity index (χ1v) is 7.89. The number of para-hydroxylation sites is 1. The number of carbonyl (C=O) groups is 3. The van der Waals surface area contributed by atoms with Crippen molar-refractivity contribution < 1.29 is 14.4 Å². The lowest BCUT2D eigenvalue weighted by molar-refractivity contribution is -0.115. The Hall–Kier alpha value is -2.08. The summed E-state index contributed by atoms with van der Waals surface area (Å²) in [5, 5.41) is 2.37. The van der Waals surface area contributed by atoms with Gasteiger partial charge in [0.25, 0.3) is 21.5 Å². The highest BCUT2D eigenvalue weighted by Crippen LogP contribution is 2.34. The number of alkyl halides is 3. The van der Waals surface area contributed by atoms with Crippen LogP contribution in [0.3, 0.4) is 0 Å². The van der Waals surface area contributed by atoms with Gasteiger partial charge in [-0.3, -0.25) is 14.4 Å². The average Bonchev–Trinajstić information content (AvgIpc) is 2.79. The number of nitrogens with zero attached hydrogens (tertiary/aromatic N) is 1. The van der Waals surface area contributed by atoms with Crippen LogP contribution in [0.25, 0.3) is 0 Å². The van der Waals surface area contributed by atoms with Crippen LogP contribution < -0.4 is 10.2 Å². The first-order valence-electron chi connectivity index (χ1n) is 6.75. The van der Waals surface area contributed by atoms with Crippen molar-refractivity contribution in [2.75, 3.05) is 10.2 Å². The minimum atomic E-state index is -2.19. The predicted octanol–water partition coefficient (Wildman–Crippen LogP) is 3.80. The number of fused-ring (bicyclic) bond motifs is 1. The van der Waals surface area contributed by atoms with Crippen molar-refractivity contribution in [1.29, 1.82) is 0 Å². The zero-order valence-corrected chi connectivity index (χ0v) is 14.2. The Balaban J connectivity index is 2.03. The van der Waals surface area contributed by atoms with Gasteiger partial charge in [-0.05, 0) is 24.3 Å². The second kappa shape index (κ2) is 6.09. The van der Waals surface area contributed by atoms with Gasteiger partial charge in [0, 0.05) is 0 Å². The predicted molar refractivity (Wildman–Crippen MR) is 92.9 cm³/mol. The van der Waals surface area contributed by atoms with Gasteiger partial charge in [-0.1, -0.05) is 59.1 Å². The van der Waals surface area contributed by atoms with Crippen LogP contribution in [0.5, 0.6) is 0 Å². The van der Waals surface area contributed by atoms with Crippen LogP contribution in [0, 0.1) is 0 Å². The fraction of sp³-hybridized carbons (Fsp3) is 0.0625. The zero-order chi connectivity index (χ0) is 17.5. The van der Waals surface area contributed by atoms with E-state index in [0.29, 0.717) is 5.69 Å². The number of nitrogens with one attached hydrogen (secondary N) is 1. The number of halogens is 3. The van der Waals surface area contributed by atoms with Gasteiger partial charge >= 0.3 is 0 Å². The van der Waals surface area contributed by atoms with Crippen molar-refractivity contribution in [3.8, 4) is 0 Å². The Morgan fingerprint density at radius 1 is 0.917 bits per heavy atom. The third-order valence-electron chi connectivity index (χ3n) is 3.43. The van der Waals surface area contributed by atoms with Crippen molar-refractivity contribution in [3.05, 3.63) is 59.7 Å². The number of carbonyl (C=O) groups excluding carboxylic acids is 3. The standard InChI is InChI=1S/C16H9Cl3N2O3/c17-16(18,19)15(24)20-11-8-4-7-10-12(11)14(23)21(13(10)22)9-5-2-1-3-6-9/h1-8H,(H,20,24). The largest absolute Gasteiger partial charge is 0.322 e. The number of imide groups is 1. The molecule has 5 nitrogen and oxygen atoms in total. The molecule has 2 aromatic rings. The van der Waals surface area contributed by atoms with Crippen LogP contribution >= 0.6 is 34.8 Å². The maximum atomic E-state index is 12.7. The molecule has 0 saturated heterocycles. The minimum Gasteiger partial charge on any atom is -0.322 e. The molecule has 122 valence electrons. The Labute approximate surface area is 152 Å². The molecule has 0 atom stereocenters. The van der Waals surface area contributed by atoms with E-state index in [0.717, 1.165) is 4.90 Å². The van der Waals surface area contributed by atoms with Crippen LogP contribution in [0.15, 0.2) is 48.5 Å². The Bertz CT molecular complexity index is 847. The quantitative estimate of drug-likeness (QED) is 0.634. The summed E-state index contributed by atoms with van der Waals surface area (Å²) in [6.45, 7) is 0. The van der Waals surface area contributed by atoms with Gasteiger partial charge in [0.2, 0.25) is 0 Å². The Kier molecular flexibility index (Phi) is 4.25. The third kappa shape index (κ3) is 2.86. The summed E-state index contributed by atoms with van der Waals surface area (Å²) in [7, 11) is 0. The second-order valence-electron chi connectivity index (χ2n) is 4.96. The molecule has 24 heavy (non-hydrogen) atoms. The molecule has 8 heteroatoms. The number of rotatable bonds is 2. The van der Waals surface area contributed by atoms with Gasteiger partial charge in [-0.2, -0.15) is 0 Å². The molecular formula is C16H9Cl3N2O3. The first kappa shape index (κ1) is 16.8. The molecule has 1 aliphatic rings. The minimum absolute atomic E-state index is 0.0638. The highest BCUT2D eigenvalue weighted by atomic mass is 35.6. The molecular weight excluding hydrogens is 375 g/mol. The van der Waals surface area contributed by atoms with E-state index in [4.69, 9.17) is 34.8 Å². The number of benzene rings is 2. The van der Waals surface area contributed by atoms with E-state index < -0.39 is 21.5 Å². The van der Waals surface area contributed by atoms with Crippen molar-refractivity contribution in [3.63, 3.8) is 0 Å². The highest BCUT2D eigenvalue weighted by Gasteiger charge is 2.40. The van der Waals surface area contributed by atoms with Crippen LogP contribution in [0.1, 0.15) is 20.7 Å². The average molecular weight is 384 g/mol. The molecule has 0 bridgehead atoms. The van der Waals surface area contributed by atoms with Gasteiger partial charge in [-0.15, -0.1) is 0 Å². The smallest absolute Gasteiger partial charge is 0.276 e. The molecule has 0 spiro atoms. The normalized spacial score (nSPS) is 13.9. The van der Waals surface area contributed by atoms with E-state index in [1.807, 2.05) is 0 Å². The summed E-state index contributed by atoms with van der Waals surface area (Å²) in [6.07, 6.45) is 0. The lowest BCUT2D eigenvalue weighted by Gasteiger charge is -2.14. The van der Waals surface area contributed by atoms with E-state index in [-0.39, 0.29) is 16.8 Å². The van der Waals surface area contributed by atoms with Crippen molar-refractivity contribution >= 4 is 63.9 Å². The van der Waals surface area contributed by atoms with E-state index in [1.54, 1.807) is 30.3 Å². The molecule has 0 fully saturated rings. The van der Waals surface area contributed by atoms with Crippen LogP contribution in [-0.2, 0) is 4.79 Å². The van der Waals surface area contributed by atoms with Crippen molar-refractivity contribution in [2.45, 2.75) is 3.79 Å². The lowest BCUT2D eigenvalue weighted by Crippen LogP contribution is -2.30. The van der Waals surface area contributed by atoms with Crippen molar-refractivity contribution in [2.24, 2.45) is 0 Å². The molecule has 3 amide bonds. The number of amides is 3. The van der Waals surface area contributed by atoms with Gasteiger partial charge in [-0.25, -0.2) is 4.90 Å². The summed E-state index contributed by atoms with van der Waals surface area (Å²) < 4.78 is -2.19.